The number of nitrogens with zero attached hydrogens (tertiary/aromatic N) is 4. The zero-order valence-electron chi connectivity index (χ0n) is 13.4. The molecule has 0 bridgehead atoms. The largest absolute Gasteiger partial charge is 0.380 e. The molecule has 0 spiro atoms. The molecule has 6 heteroatoms. The van der Waals surface area contributed by atoms with Crippen LogP contribution in [0.1, 0.15) is 36.3 Å². The molecule has 1 unspecified atom stereocenters. The average Bonchev–Trinajstić information content (AvgIpc) is 2.77. The lowest BCUT2D eigenvalue weighted by Crippen LogP contribution is -2.39. The Morgan fingerprint density at radius 3 is 3.05 bits per heavy atom. The van der Waals surface area contributed by atoms with Gasteiger partial charge in [0.15, 0.2) is 5.65 Å². The maximum atomic E-state index is 12.9. The van der Waals surface area contributed by atoms with Gasteiger partial charge in [-0.3, -0.25) is 4.79 Å². The molecule has 0 aromatic carbocycles. The van der Waals surface area contributed by atoms with Gasteiger partial charge >= 0.3 is 0 Å². The fraction of sp³-hybridized carbons (Fsp3) is 0.562. The first-order valence-electron chi connectivity index (χ1n) is 7.83. The molecule has 1 atom stereocenters. The van der Waals surface area contributed by atoms with Crippen LogP contribution in [0.3, 0.4) is 0 Å². The Hall–Kier alpha value is -1.95. The molecular formula is C16H22N4O2. The highest BCUT2D eigenvalue weighted by molar-refractivity contribution is 5.98. The highest BCUT2D eigenvalue weighted by Gasteiger charge is 2.25. The van der Waals surface area contributed by atoms with Crippen molar-refractivity contribution in [2.75, 3.05) is 19.8 Å². The molecule has 2 aromatic rings. The van der Waals surface area contributed by atoms with E-state index in [9.17, 15) is 4.79 Å². The molecule has 3 heterocycles. The molecule has 1 saturated heterocycles. The molecular weight excluding hydrogens is 280 g/mol. The zero-order chi connectivity index (χ0) is 15.7. The van der Waals surface area contributed by atoms with Gasteiger partial charge in [-0.25, -0.2) is 9.67 Å². The summed E-state index contributed by atoms with van der Waals surface area (Å²) in [5, 5.41) is 5.22. The van der Waals surface area contributed by atoms with Gasteiger partial charge in [0.05, 0.1) is 24.1 Å². The Labute approximate surface area is 130 Å². The molecule has 0 aliphatic carbocycles. The van der Waals surface area contributed by atoms with E-state index in [0.717, 1.165) is 29.7 Å². The Bertz CT molecular complexity index is 695. The lowest BCUT2D eigenvalue weighted by Gasteiger charge is -2.27. The Balaban J connectivity index is 1.98. The van der Waals surface area contributed by atoms with Gasteiger partial charge in [-0.15, -0.1) is 0 Å². The van der Waals surface area contributed by atoms with Crippen molar-refractivity contribution in [3.05, 3.63) is 23.5 Å². The SMILES string of the molecule is CCn1ncc2cc(C(=O)N3CCOCCC3C)c(C)nc21. The molecule has 2 aromatic heterocycles. The van der Waals surface area contributed by atoms with E-state index in [1.54, 1.807) is 6.20 Å². The number of carbonyl (C=O) groups excluding carboxylic acids is 1. The van der Waals surface area contributed by atoms with Crippen LogP contribution in [0.15, 0.2) is 12.3 Å². The average molecular weight is 302 g/mol. The number of aryl methyl sites for hydroxylation is 2. The molecule has 1 aliphatic heterocycles. The van der Waals surface area contributed by atoms with Crippen LogP contribution < -0.4 is 0 Å². The first-order chi connectivity index (χ1) is 10.6. The van der Waals surface area contributed by atoms with Crippen LogP contribution >= 0.6 is 0 Å². The van der Waals surface area contributed by atoms with Crippen molar-refractivity contribution in [2.45, 2.75) is 39.8 Å². The minimum atomic E-state index is 0.0362. The lowest BCUT2D eigenvalue weighted by molar-refractivity contribution is 0.0686. The summed E-state index contributed by atoms with van der Waals surface area (Å²) >= 11 is 0. The summed E-state index contributed by atoms with van der Waals surface area (Å²) in [4.78, 5) is 19.4. The standard InChI is InChI=1S/C16H22N4O2/c1-4-20-15-13(10-17-20)9-14(12(3)18-15)16(21)19-6-8-22-7-5-11(19)2/h9-11H,4-8H2,1-3H3. The normalized spacial score (nSPS) is 19.4. The van der Waals surface area contributed by atoms with E-state index in [0.29, 0.717) is 25.3 Å². The highest BCUT2D eigenvalue weighted by Crippen LogP contribution is 2.20. The number of hydrogen-bond acceptors (Lipinski definition) is 4. The molecule has 118 valence electrons. The van der Waals surface area contributed by atoms with Crippen LogP contribution in [0.2, 0.25) is 0 Å². The number of rotatable bonds is 2. The van der Waals surface area contributed by atoms with Gasteiger partial charge in [-0.05, 0) is 33.3 Å². The third-order valence-electron chi connectivity index (χ3n) is 4.28. The molecule has 0 radical (unpaired) electrons. The summed E-state index contributed by atoms with van der Waals surface area (Å²) in [5.41, 5.74) is 2.26. The fourth-order valence-corrected chi connectivity index (χ4v) is 2.90. The Morgan fingerprint density at radius 2 is 2.27 bits per heavy atom. The van der Waals surface area contributed by atoms with Crippen LogP contribution in [-0.2, 0) is 11.3 Å². The van der Waals surface area contributed by atoms with Crippen molar-refractivity contribution in [3.63, 3.8) is 0 Å². The number of fused-ring (bicyclic) bond motifs is 1. The van der Waals surface area contributed by atoms with Crippen LogP contribution in [0.25, 0.3) is 11.0 Å². The van der Waals surface area contributed by atoms with Crippen molar-refractivity contribution < 1.29 is 9.53 Å². The minimum absolute atomic E-state index is 0.0362. The monoisotopic (exact) mass is 302 g/mol. The quantitative estimate of drug-likeness (QED) is 0.851. The van der Waals surface area contributed by atoms with E-state index in [-0.39, 0.29) is 11.9 Å². The number of hydrogen-bond donors (Lipinski definition) is 0. The summed E-state index contributed by atoms with van der Waals surface area (Å²) in [5.74, 6) is 0.0362. The summed E-state index contributed by atoms with van der Waals surface area (Å²) in [6, 6.07) is 2.10. The van der Waals surface area contributed by atoms with Crippen LogP contribution in [-0.4, -0.2) is 51.4 Å². The highest BCUT2D eigenvalue weighted by atomic mass is 16.5. The molecule has 3 rings (SSSR count). The van der Waals surface area contributed by atoms with Gasteiger partial charge in [-0.1, -0.05) is 0 Å². The molecule has 1 amide bonds. The predicted molar refractivity (Wildman–Crippen MR) is 83.9 cm³/mol. The molecule has 0 saturated carbocycles. The molecule has 0 N–H and O–H groups in total. The molecule has 6 nitrogen and oxygen atoms in total. The van der Waals surface area contributed by atoms with Crippen molar-refractivity contribution in [3.8, 4) is 0 Å². The smallest absolute Gasteiger partial charge is 0.256 e. The Morgan fingerprint density at radius 1 is 1.45 bits per heavy atom. The van der Waals surface area contributed by atoms with E-state index in [2.05, 4.69) is 17.0 Å². The van der Waals surface area contributed by atoms with Crippen molar-refractivity contribution >= 4 is 16.9 Å². The van der Waals surface area contributed by atoms with Crippen LogP contribution in [0, 0.1) is 6.92 Å². The summed E-state index contributed by atoms with van der Waals surface area (Å²) in [6.07, 6.45) is 2.64. The van der Waals surface area contributed by atoms with Crippen molar-refractivity contribution in [2.24, 2.45) is 0 Å². The number of amides is 1. The molecule has 22 heavy (non-hydrogen) atoms. The second-order valence-corrected chi connectivity index (χ2v) is 5.74. The second-order valence-electron chi connectivity index (χ2n) is 5.74. The maximum Gasteiger partial charge on any atom is 0.256 e. The van der Waals surface area contributed by atoms with Gasteiger partial charge in [0, 0.05) is 31.1 Å². The van der Waals surface area contributed by atoms with Crippen molar-refractivity contribution in [1.29, 1.82) is 0 Å². The number of ether oxygens (including phenoxy) is 1. The van der Waals surface area contributed by atoms with E-state index in [4.69, 9.17) is 4.74 Å². The lowest BCUT2D eigenvalue weighted by atomic mass is 10.1. The van der Waals surface area contributed by atoms with Crippen LogP contribution in [0.5, 0.6) is 0 Å². The van der Waals surface area contributed by atoms with E-state index in [1.807, 2.05) is 29.5 Å². The van der Waals surface area contributed by atoms with Crippen LogP contribution in [0.4, 0.5) is 0 Å². The first-order valence-corrected chi connectivity index (χ1v) is 7.83. The third-order valence-corrected chi connectivity index (χ3v) is 4.28. The van der Waals surface area contributed by atoms with E-state index >= 15 is 0 Å². The van der Waals surface area contributed by atoms with Gasteiger partial charge in [-0.2, -0.15) is 5.10 Å². The number of carbonyl (C=O) groups is 1. The third kappa shape index (κ3) is 2.59. The first kappa shape index (κ1) is 15.0. The van der Waals surface area contributed by atoms with Gasteiger partial charge in [0.25, 0.3) is 5.91 Å². The van der Waals surface area contributed by atoms with Gasteiger partial charge < -0.3 is 9.64 Å². The van der Waals surface area contributed by atoms with Gasteiger partial charge in [0.2, 0.25) is 0 Å². The summed E-state index contributed by atoms with van der Waals surface area (Å²) in [6.45, 7) is 8.70. The predicted octanol–water partition coefficient (Wildman–Crippen LogP) is 2.01. The van der Waals surface area contributed by atoms with Crippen molar-refractivity contribution in [1.82, 2.24) is 19.7 Å². The summed E-state index contributed by atoms with van der Waals surface area (Å²) in [7, 11) is 0. The molecule has 1 aliphatic rings. The summed E-state index contributed by atoms with van der Waals surface area (Å²) < 4.78 is 7.32. The minimum Gasteiger partial charge on any atom is -0.380 e. The molecule has 1 fully saturated rings. The van der Waals surface area contributed by atoms with E-state index in [1.165, 1.54) is 0 Å². The Kier molecular flexibility index (Phi) is 4.11. The van der Waals surface area contributed by atoms with E-state index < -0.39 is 0 Å². The topological polar surface area (TPSA) is 60.2 Å². The number of aromatic nitrogens is 3. The number of pyridine rings is 1. The fourth-order valence-electron chi connectivity index (χ4n) is 2.90. The zero-order valence-corrected chi connectivity index (χ0v) is 13.4. The second kappa shape index (κ2) is 6.04. The maximum absolute atomic E-state index is 12.9. The van der Waals surface area contributed by atoms with Gasteiger partial charge in [0.1, 0.15) is 0 Å².